The van der Waals surface area contributed by atoms with Crippen LogP contribution in [-0.4, -0.2) is 41.3 Å². The minimum Gasteiger partial charge on any atom is -0.395 e. The van der Waals surface area contributed by atoms with Crippen LogP contribution in [0.4, 0.5) is 0 Å². The van der Waals surface area contributed by atoms with Gasteiger partial charge in [0.1, 0.15) is 0 Å². The van der Waals surface area contributed by atoms with Gasteiger partial charge in [-0.3, -0.25) is 9.59 Å². The summed E-state index contributed by atoms with van der Waals surface area (Å²) in [6.45, 7) is 0.959. The molecule has 0 atom stereocenters. The number of hydrogen-bond acceptors (Lipinski definition) is 4. The predicted octanol–water partition coefficient (Wildman–Crippen LogP) is 1.58. The third-order valence-corrected chi connectivity index (χ3v) is 3.13. The van der Waals surface area contributed by atoms with E-state index in [1.54, 1.807) is 36.4 Å². The number of hydrogen-bond donors (Lipinski definition) is 1. The molecule has 0 saturated carbocycles. The Balaban J connectivity index is 1.97. The Labute approximate surface area is 118 Å². The highest BCUT2D eigenvalue weighted by atomic mass is 16.3. The van der Waals surface area contributed by atoms with E-state index in [9.17, 15) is 9.59 Å². The van der Waals surface area contributed by atoms with E-state index in [1.807, 2.05) is 17.2 Å². The minimum atomic E-state index is -0.167. The van der Waals surface area contributed by atoms with Crippen LogP contribution in [0.2, 0.25) is 0 Å². The number of aliphatic hydroxyl groups excluding tert-OH is 1. The number of aliphatic hydroxyl groups is 1. The van der Waals surface area contributed by atoms with Gasteiger partial charge in [0.2, 0.25) is 0 Å². The Morgan fingerprint density at radius 1 is 1.15 bits per heavy atom. The monoisotopic (exact) mass is 271 g/mol. The predicted molar refractivity (Wildman–Crippen MR) is 76.3 cm³/mol. The fourth-order valence-electron chi connectivity index (χ4n) is 2.05. The largest absolute Gasteiger partial charge is 0.395 e. The Hall–Kier alpha value is -2.20. The maximum absolute atomic E-state index is 12.1. The molecule has 4 heteroatoms. The van der Waals surface area contributed by atoms with Crippen molar-refractivity contribution in [3.63, 3.8) is 0 Å². The first-order chi connectivity index (χ1) is 9.70. The Morgan fingerprint density at radius 3 is 2.60 bits per heavy atom. The van der Waals surface area contributed by atoms with Gasteiger partial charge in [0.15, 0.2) is 11.6 Å². The van der Waals surface area contributed by atoms with E-state index in [1.165, 1.54) is 0 Å². The second-order valence-corrected chi connectivity index (χ2v) is 4.62. The molecule has 0 aromatic heterocycles. The van der Waals surface area contributed by atoms with Crippen LogP contribution < -0.4 is 0 Å². The zero-order valence-electron chi connectivity index (χ0n) is 11.2. The molecule has 1 N–H and O–H groups in total. The quantitative estimate of drug-likeness (QED) is 0.630. The molecule has 0 fully saturated rings. The van der Waals surface area contributed by atoms with E-state index in [2.05, 4.69) is 0 Å². The summed E-state index contributed by atoms with van der Waals surface area (Å²) in [5, 5.41) is 8.90. The van der Waals surface area contributed by atoms with E-state index >= 15 is 0 Å². The van der Waals surface area contributed by atoms with E-state index in [0.29, 0.717) is 24.2 Å². The number of rotatable bonds is 6. The first kappa shape index (κ1) is 14.2. The molecule has 0 saturated heterocycles. The number of nitrogens with zero attached hydrogens (tertiary/aromatic N) is 1. The average Bonchev–Trinajstić information content (AvgIpc) is 2.48. The number of benzene rings is 1. The second kappa shape index (κ2) is 6.82. The molecule has 20 heavy (non-hydrogen) atoms. The number of allylic oxidation sites excluding steroid dienone is 2. The summed E-state index contributed by atoms with van der Waals surface area (Å²) in [6, 6.07) is 8.82. The lowest BCUT2D eigenvalue weighted by atomic mass is 10.00. The van der Waals surface area contributed by atoms with Crippen molar-refractivity contribution < 1.29 is 14.7 Å². The number of carbonyl (C=O) groups is 2. The molecule has 0 bridgehead atoms. The molecule has 104 valence electrons. The first-order valence-corrected chi connectivity index (χ1v) is 6.54. The zero-order chi connectivity index (χ0) is 14.4. The first-order valence-electron chi connectivity index (χ1n) is 6.54. The van der Waals surface area contributed by atoms with E-state index in [0.717, 1.165) is 0 Å². The lowest BCUT2D eigenvalue weighted by Crippen LogP contribution is -2.28. The van der Waals surface area contributed by atoms with E-state index in [-0.39, 0.29) is 24.6 Å². The Kier molecular flexibility index (Phi) is 4.85. The molecule has 1 heterocycles. The summed E-state index contributed by atoms with van der Waals surface area (Å²) in [6.07, 6.45) is 5.20. The van der Waals surface area contributed by atoms with Gasteiger partial charge < -0.3 is 10.0 Å². The Morgan fingerprint density at radius 2 is 1.90 bits per heavy atom. The van der Waals surface area contributed by atoms with Crippen LogP contribution in [0.1, 0.15) is 16.8 Å². The maximum Gasteiger partial charge on any atom is 0.170 e. The molecule has 0 spiro atoms. The normalized spacial score (nSPS) is 14.1. The molecule has 1 aliphatic rings. The third-order valence-electron chi connectivity index (χ3n) is 3.13. The fraction of sp³-hybridized carbons (Fsp3) is 0.250. The topological polar surface area (TPSA) is 57.6 Å². The molecule has 2 rings (SSSR count). The second-order valence-electron chi connectivity index (χ2n) is 4.62. The van der Waals surface area contributed by atoms with Gasteiger partial charge in [-0.1, -0.05) is 36.4 Å². The Bertz CT molecular complexity index is 546. The summed E-state index contributed by atoms with van der Waals surface area (Å²) in [5.74, 6) is -0.328. The number of Topliss-reactive ketones (excluding diaryl/α,β-unsaturated/α-hetero) is 2. The number of ketones is 2. The highest BCUT2D eigenvalue weighted by Gasteiger charge is 2.18. The summed E-state index contributed by atoms with van der Waals surface area (Å²) in [4.78, 5) is 26.0. The van der Waals surface area contributed by atoms with Gasteiger partial charge in [-0.15, -0.1) is 0 Å². The molecule has 1 aromatic rings. The molecule has 0 radical (unpaired) electrons. The molecule has 0 amide bonds. The smallest absolute Gasteiger partial charge is 0.170 e. The lowest BCUT2D eigenvalue weighted by molar-refractivity contribution is -0.115. The average molecular weight is 271 g/mol. The molecule has 0 aliphatic carbocycles. The van der Waals surface area contributed by atoms with Crippen molar-refractivity contribution in [2.75, 3.05) is 19.7 Å². The van der Waals surface area contributed by atoms with Crippen molar-refractivity contribution in [3.05, 3.63) is 59.8 Å². The van der Waals surface area contributed by atoms with Crippen LogP contribution in [0.3, 0.4) is 0 Å². The molecular weight excluding hydrogens is 254 g/mol. The van der Waals surface area contributed by atoms with Crippen LogP contribution in [0.25, 0.3) is 0 Å². The molecule has 0 unspecified atom stereocenters. The van der Waals surface area contributed by atoms with Gasteiger partial charge in [-0.05, 0) is 12.3 Å². The minimum absolute atomic E-state index is 0.0365. The van der Waals surface area contributed by atoms with Crippen LogP contribution in [-0.2, 0) is 4.79 Å². The van der Waals surface area contributed by atoms with Crippen LogP contribution in [0, 0.1) is 0 Å². The third kappa shape index (κ3) is 3.65. The van der Waals surface area contributed by atoms with Crippen molar-refractivity contribution in [3.8, 4) is 0 Å². The zero-order valence-corrected chi connectivity index (χ0v) is 11.2. The highest BCUT2D eigenvalue weighted by Crippen LogP contribution is 2.12. The standard InChI is InChI=1S/C16H17NO3/c18-10-9-17-8-4-7-14(12-17)16(20)11-15(19)13-5-2-1-3-6-13/h1-8,18H,9-12H2. The summed E-state index contributed by atoms with van der Waals surface area (Å²) >= 11 is 0. The van der Waals surface area contributed by atoms with Crippen molar-refractivity contribution in [1.29, 1.82) is 0 Å². The fourth-order valence-corrected chi connectivity index (χ4v) is 2.05. The maximum atomic E-state index is 12.1. The van der Waals surface area contributed by atoms with Crippen molar-refractivity contribution >= 4 is 11.6 Å². The van der Waals surface area contributed by atoms with Gasteiger partial charge in [-0.2, -0.15) is 0 Å². The van der Waals surface area contributed by atoms with Crippen LogP contribution in [0.15, 0.2) is 54.3 Å². The van der Waals surface area contributed by atoms with Crippen molar-refractivity contribution in [1.82, 2.24) is 4.90 Å². The SMILES string of the molecule is O=C(CC(=O)c1ccccc1)C1=CC=CN(CCO)C1. The van der Waals surface area contributed by atoms with Gasteiger partial charge in [0.25, 0.3) is 0 Å². The highest BCUT2D eigenvalue weighted by molar-refractivity contribution is 6.13. The van der Waals surface area contributed by atoms with E-state index < -0.39 is 0 Å². The van der Waals surface area contributed by atoms with Crippen LogP contribution >= 0.6 is 0 Å². The molecule has 4 nitrogen and oxygen atoms in total. The van der Waals surface area contributed by atoms with Gasteiger partial charge in [-0.25, -0.2) is 0 Å². The number of carbonyl (C=O) groups excluding carboxylic acids is 2. The van der Waals surface area contributed by atoms with Gasteiger partial charge in [0, 0.05) is 24.2 Å². The summed E-state index contributed by atoms with van der Waals surface area (Å²) in [7, 11) is 0. The van der Waals surface area contributed by atoms with Crippen molar-refractivity contribution in [2.24, 2.45) is 0 Å². The molecular formula is C16H17NO3. The summed E-state index contributed by atoms with van der Waals surface area (Å²) in [5.41, 5.74) is 1.16. The van der Waals surface area contributed by atoms with Crippen molar-refractivity contribution in [2.45, 2.75) is 6.42 Å². The lowest BCUT2D eigenvalue weighted by Gasteiger charge is -2.23. The molecule has 1 aromatic carbocycles. The van der Waals surface area contributed by atoms with Gasteiger partial charge >= 0.3 is 0 Å². The number of β-amino-alcohol motifs (C(OH)–C–C–N with tert-alkyl or cyclic N) is 1. The van der Waals surface area contributed by atoms with Gasteiger partial charge in [0.05, 0.1) is 13.0 Å². The molecule has 1 aliphatic heterocycles. The summed E-state index contributed by atoms with van der Waals surface area (Å²) < 4.78 is 0. The van der Waals surface area contributed by atoms with Crippen LogP contribution in [0.5, 0.6) is 0 Å². The van der Waals surface area contributed by atoms with E-state index in [4.69, 9.17) is 5.11 Å².